The predicted octanol–water partition coefficient (Wildman–Crippen LogP) is 1.37. The van der Waals surface area contributed by atoms with Crippen LogP contribution in [-0.2, 0) is 19.2 Å². The molecule has 0 aliphatic carbocycles. The maximum atomic E-state index is 11.3. The van der Waals surface area contributed by atoms with Crippen LogP contribution in [0.1, 0.15) is 17.7 Å². The third-order valence-corrected chi connectivity index (χ3v) is 2.95. The molecule has 0 unspecified atom stereocenters. The minimum Gasteiger partial charge on any atom is -0.326 e. The Morgan fingerprint density at radius 3 is 2.65 bits per heavy atom. The number of hydrogen-bond acceptors (Lipinski definition) is 5. The second kappa shape index (κ2) is 4.92. The highest BCUT2D eigenvalue weighted by Crippen LogP contribution is 2.13. The Morgan fingerprint density at radius 1 is 1.35 bits per heavy atom. The third-order valence-electron chi connectivity index (χ3n) is 2.11. The smallest absolute Gasteiger partial charge is 0.326 e. The SMILES string of the molecule is O=C(/C=C/c1cccs1)ON1C(=O)CCC1=O. The van der Waals surface area contributed by atoms with Crippen molar-refractivity contribution in [1.29, 1.82) is 0 Å². The van der Waals surface area contributed by atoms with Crippen LogP contribution >= 0.6 is 11.3 Å². The molecule has 0 bridgehead atoms. The van der Waals surface area contributed by atoms with Crippen molar-refractivity contribution in [2.75, 3.05) is 0 Å². The van der Waals surface area contributed by atoms with Crippen molar-refractivity contribution < 1.29 is 19.2 Å². The van der Waals surface area contributed by atoms with Gasteiger partial charge in [0.15, 0.2) is 0 Å². The highest BCUT2D eigenvalue weighted by molar-refractivity contribution is 7.10. The maximum absolute atomic E-state index is 11.3. The largest absolute Gasteiger partial charge is 0.356 e. The van der Waals surface area contributed by atoms with E-state index in [1.54, 1.807) is 6.08 Å². The minimum atomic E-state index is -0.734. The molecule has 2 amide bonds. The van der Waals surface area contributed by atoms with Crippen molar-refractivity contribution in [3.8, 4) is 0 Å². The average Bonchev–Trinajstić information content (AvgIpc) is 2.91. The monoisotopic (exact) mass is 251 g/mol. The minimum absolute atomic E-state index is 0.0980. The van der Waals surface area contributed by atoms with E-state index in [-0.39, 0.29) is 12.8 Å². The fourth-order valence-corrected chi connectivity index (χ4v) is 1.93. The first-order valence-electron chi connectivity index (χ1n) is 4.96. The number of imide groups is 1. The van der Waals surface area contributed by atoms with E-state index < -0.39 is 17.8 Å². The van der Waals surface area contributed by atoms with Crippen molar-refractivity contribution in [2.45, 2.75) is 12.8 Å². The first kappa shape index (κ1) is 11.5. The molecule has 1 aliphatic rings. The molecule has 1 fully saturated rings. The lowest BCUT2D eigenvalue weighted by Gasteiger charge is -2.10. The molecule has 0 N–H and O–H groups in total. The van der Waals surface area contributed by atoms with Gasteiger partial charge in [-0.3, -0.25) is 9.59 Å². The molecule has 5 nitrogen and oxygen atoms in total. The summed E-state index contributed by atoms with van der Waals surface area (Å²) < 4.78 is 0. The van der Waals surface area contributed by atoms with E-state index in [9.17, 15) is 14.4 Å². The number of carbonyl (C=O) groups excluding carboxylic acids is 3. The highest BCUT2D eigenvalue weighted by Gasteiger charge is 2.32. The molecule has 6 heteroatoms. The molecule has 2 rings (SSSR count). The van der Waals surface area contributed by atoms with Crippen LogP contribution in [0.5, 0.6) is 0 Å². The van der Waals surface area contributed by atoms with Gasteiger partial charge in [-0.05, 0) is 17.5 Å². The number of amides is 2. The summed E-state index contributed by atoms with van der Waals surface area (Å²) in [6, 6.07) is 3.68. The molecule has 0 aromatic carbocycles. The zero-order valence-electron chi connectivity index (χ0n) is 8.79. The second-order valence-corrected chi connectivity index (χ2v) is 4.32. The standard InChI is InChI=1S/C11H9NO4S/c13-9-4-5-10(14)12(9)16-11(15)6-3-8-2-1-7-17-8/h1-3,6-7H,4-5H2/b6-3+. The van der Waals surface area contributed by atoms with Crippen LogP contribution in [0.15, 0.2) is 23.6 Å². The summed E-state index contributed by atoms with van der Waals surface area (Å²) in [7, 11) is 0. The lowest BCUT2D eigenvalue weighted by molar-refractivity contribution is -0.193. The second-order valence-electron chi connectivity index (χ2n) is 3.34. The van der Waals surface area contributed by atoms with Crippen molar-refractivity contribution in [1.82, 2.24) is 5.06 Å². The van der Waals surface area contributed by atoms with Crippen LogP contribution in [0.3, 0.4) is 0 Å². The van der Waals surface area contributed by atoms with E-state index in [0.717, 1.165) is 4.88 Å². The van der Waals surface area contributed by atoms with Crippen molar-refractivity contribution in [3.63, 3.8) is 0 Å². The molecule has 0 atom stereocenters. The van der Waals surface area contributed by atoms with E-state index in [1.807, 2.05) is 17.5 Å². The van der Waals surface area contributed by atoms with Gasteiger partial charge >= 0.3 is 5.97 Å². The van der Waals surface area contributed by atoms with Gasteiger partial charge in [0.1, 0.15) is 0 Å². The van der Waals surface area contributed by atoms with Crippen molar-refractivity contribution >= 4 is 35.2 Å². The summed E-state index contributed by atoms with van der Waals surface area (Å²) in [5, 5.41) is 2.40. The Hall–Kier alpha value is -1.95. The summed E-state index contributed by atoms with van der Waals surface area (Å²) in [6.07, 6.45) is 2.95. The van der Waals surface area contributed by atoms with Gasteiger partial charge in [0.25, 0.3) is 11.8 Å². The molecule has 0 spiro atoms. The first-order chi connectivity index (χ1) is 8.16. The van der Waals surface area contributed by atoms with Crippen LogP contribution in [0, 0.1) is 0 Å². The number of carbonyl (C=O) groups is 3. The van der Waals surface area contributed by atoms with Crippen LogP contribution in [0.2, 0.25) is 0 Å². The number of rotatable bonds is 3. The van der Waals surface area contributed by atoms with Gasteiger partial charge in [0.05, 0.1) is 0 Å². The summed E-state index contributed by atoms with van der Waals surface area (Å²) in [5.74, 6) is -1.69. The molecule has 1 aromatic heterocycles. The molecule has 1 aliphatic heterocycles. The van der Waals surface area contributed by atoms with E-state index in [2.05, 4.69) is 4.84 Å². The first-order valence-corrected chi connectivity index (χ1v) is 5.84. The van der Waals surface area contributed by atoms with Crippen LogP contribution < -0.4 is 0 Å². The molecule has 2 heterocycles. The molecule has 1 aromatic rings. The topological polar surface area (TPSA) is 63.7 Å². The van der Waals surface area contributed by atoms with Crippen LogP contribution in [0.4, 0.5) is 0 Å². The molecule has 0 radical (unpaired) electrons. The van der Waals surface area contributed by atoms with Gasteiger partial charge < -0.3 is 4.84 Å². The lowest BCUT2D eigenvalue weighted by atomic mass is 10.4. The molecular weight excluding hydrogens is 242 g/mol. The van der Waals surface area contributed by atoms with Gasteiger partial charge in [0.2, 0.25) is 0 Å². The van der Waals surface area contributed by atoms with E-state index in [1.165, 1.54) is 17.4 Å². The fraction of sp³-hybridized carbons (Fsp3) is 0.182. The van der Waals surface area contributed by atoms with Gasteiger partial charge in [-0.2, -0.15) is 0 Å². The van der Waals surface area contributed by atoms with Crippen LogP contribution in [-0.4, -0.2) is 22.8 Å². The summed E-state index contributed by atoms with van der Waals surface area (Å²) >= 11 is 1.47. The zero-order chi connectivity index (χ0) is 12.3. The van der Waals surface area contributed by atoms with E-state index >= 15 is 0 Å². The van der Waals surface area contributed by atoms with E-state index in [0.29, 0.717) is 5.06 Å². The van der Waals surface area contributed by atoms with Crippen LogP contribution in [0.25, 0.3) is 6.08 Å². The van der Waals surface area contributed by atoms with Crippen molar-refractivity contribution in [3.05, 3.63) is 28.5 Å². The van der Waals surface area contributed by atoms with Gasteiger partial charge in [0, 0.05) is 23.8 Å². The Bertz CT molecular complexity index is 462. The number of hydroxylamine groups is 2. The van der Waals surface area contributed by atoms with Gasteiger partial charge in [-0.15, -0.1) is 16.4 Å². The summed E-state index contributed by atoms with van der Waals surface area (Å²) in [6.45, 7) is 0. The normalized spacial score (nSPS) is 15.9. The summed E-state index contributed by atoms with van der Waals surface area (Å²) in [5.41, 5.74) is 0. The molecule has 88 valence electrons. The zero-order valence-corrected chi connectivity index (χ0v) is 9.61. The maximum Gasteiger partial charge on any atom is 0.356 e. The molecule has 0 saturated carbocycles. The van der Waals surface area contributed by atoms with E-state index in [4.69, 9.17) is 0 Å². The average molecular weight is 251 g/mol. The number of hydrogen-bond donors (Lipinski definition) is 0. The molecule has 17 heavy (non-hydrogen) atoms. The predicted molar refractivity (Wildman–Crippen MR) is 60.5 cm³/mol. The molecule has 1 saturated heterocycles. The Balaban J connectivity index is 1.93. The van der Waals surface area contributed by atoms with Gasteiger partial charge in [-0.25, -0.2) is 4.79 Å². The highest BCUT2D eigenvalue weighted by atomic mass is 32.1. The quantitative estimate of drug-likeness (QED) is 0.601. The van der Waals surface area contributed by atoms with Gasteiger partial charge in [-0.1, -0.05) is 6.07 Å². The number of thiophene rings is 1. The Kier molecular flexibility index (Phi) is 3.34. The fourth-order valence-electron chi connectivity index (χ4n) is 1.31. The Morgan fingerprint density at radius 2 is 2.06 bits per heavy atom. The third kappa shape index (κ3) is 2.79. The Labute approximate surface area is 101 Å². The summed E-state index contributed by atoms with van der Waals surface area (Å²) in [4.78, 5) is 39.2. The molecular formula is C11H9NO4S. The lowest BCUT2D eigenvalue weighted by Crippen LogP contribution is -2.31. The van der Waals surface area contributed by atoms with Crippen molar-refractivity contribution in [2.24, 2.45) is 0 Å². The number of nitrogens with zero attached hydrogens (tertiary/aromatic N) is 1.